The molecule has 5 rings (SSSR count). The van der Waals surface area contributed by atoms with E-state index in [-0.39, 0.29) is 5.91 Å². The number of carbonyl (C=O) groups is 1. The van der Waals surface area contributed by atoms with Gasteiger partial charge in [0.25, 0.3) is 11.6 Å². The van der Waals surface area contributed by atoms with Crippen LogP contribution in [0.1, 0.15) is 42.6 Å². The number of amides is 1. The molecule has 0 spiro atoms. The summed E-state index contributed by atoms with van der Waals surface area (Å²) in [6, 6.07) is 0.690. The summed E-state index contributed by atoms with van der Waals surface area (Å²) >= 11 is 0. The van der Waals surface area contributed by atoms with Gasteiger partial charge in [-0.3, -0.25) is 9.69 Å². The summed E-state index contributed by atoms with van der Waals surface area (Å²) in [6.45, 7) is 6.05. The zero-order chi connectivity index (χ0) is 19.6. The fraction of sp³-hybridized carbons (Fsp3) is 0.700. The van der Waals surface area contributed by atoms with Crippen molar-refractivity contribution in [1.82, 2.24) is 24.9 Å². The van der Waals surface area contributed by atoms with Crippen LogP contribution in [0.15, 0.2) is 10.9 Å². The number of nitrogens with zero attached hydrogens (tertiary/aromatic N) is 6. The van der Waals surface area contributed by atoms with E-state index in [2.05, 4.69) is 24.9 Å². The highest BCUT2D eigenvalue weighted by Crippen LogP contribution is 2.29. The van der Waals surface area contributed by atoms with Crippen molar-refractivity contribution in [3.8, 4) is 0 Å². The summed E-state index contributed by atoms with van der Waals surface area (Å²) in [7, 11) is 0. The van der Waals surface area contributed by atoms with Gasteiger partial charge in [0, 0.05) is 45.3 Å². The molecule has 3 aliphatic rings. The number of carbonyl (C=O) groups excluding carboxylic acids is 1. The number of anilines is 1. The molecule has 0 atom stereocenters. The van der Waals surface area contributed by atoms with Crippen LogP contribution >= 0.6 is 0 Å². The summed E-state index contributed by atoms with van der Waals surface area (Å²) < 4.78 is 10.8. The maximum Gasteiger partial charge on any atom is 0.276 e. The van der Waals surface area contributed by atoms with Crippen LogP contribution < -0.4 is 4.90 Å². The Morgan fingerprint density at radius 1 is 0.966 bits per heavy atom. The zero-order valence-corrected chi connectivity index (χ0v) is 16.8. The summed E-state index contributed by atoms with van der Waals surface area (Å²) in [5, 5.41) is 4.71. The van der Waals surface area contributed by atoms with E-state index in [1.54, 1.807) is 0 Å². The molecule has 4 heterocycles. The Labute approximate surface area is 170 Å². The number of hydrogen-bond donors (Lipinski definition) is 0. The number of fused-ring (bicyclic) bond motifs is 1. The normalized spacial score (nSPS) is 22.3. The largest absolute Gasteiger partial charge is 0.378 e. The molecular weight excluding hydrogens is 372 g/mol. The number of morpholine rings is 1. The second kappa shape index (κ2) is 8.23. The van der Waals surface area contributed by atoms with Gasteiger partial charge in [-0.2, -0.15) is 4.98 Å². The average Bonchev–Trinajstić information content (AvgIpc) is 3.24. The van der Waals surface area contributed by atoms with E-state index < -0.39 is 0 Å². The maximum absolute atomic E-state index is 13.3. The first-order valence-electron chi connectivity index (χ1n) is 10.8. The smallest absolute Gasteiger partial charge is 0.276 e. The second-order valence-electron chi connectivity index (χ2n) is 8.13. The highest BCUT2D eigenvalue weighted by atomic mass is 16.5. The van der Waals surface area contributed by atoms with Crippen LogP contribution in [0.5, 0.6) is 0 Å². The molecule has 29 heavy (non-hydrogen) atoms. The summed E-state index contributed by atoms with van der Waals surface area (Å²) in [5.74, 6) is 0.625. The minimum absolute atomic E-state index is 0.0867. The van der Waals surface area contributed by atoms with Crippen LogP contribution in [0, 0.1) is 0 Å². The monoisotopic (exact) mass is 400 g/mol. The molecule has 2 aliphatic heterocycles. The molecule has 9 heteroatoms. The molecule has 2 aromatic rings. The molecule has 2 aromatic heterocycles. The van der Waals surface area contributed by atoms with Crippen LogP contribution in [0.2, 0.25) is 0 Å². The number of hydrogen-bond acceptors (Lipinski definition) is 8. The van der Waals surface area contributed by atoms with Crippen LogP contribution in [0.25, 0.3) is 11.1 Å². The van der Waals surface area contributed by atoms with E-state index in [0.29, 0.717) is 41.9 Å². The molecule has 0 N–H and O–H groups in total. The van der Waals surface area contributed by atoms with Crippen molar-refractivity contribution in [2.75, 3.05) is 57.4 Å². The molecule has 2 saturated heterocycles. The van der Waals surface area contributed by atoms with Crippen molar-refractivity contribution < 1.29 is 14.1 Å². The highest BCUT2D eigenvalue weighted by Gasteiger charge is 2.31. The van der Waals surface area contributed by atoms with Crippen molar-refractivity contribution in [2.24, 2.45) is 0 Å². The average molecular weight is 400 g/mol. The highest BCUT2D eigenvalue weighted by molar-refractivity contribution is 6.07. The fourth-order valence-electron chi connectivity index (χ4n) is 4.82. The van der Waals surface area contributed by atoms with Gasteiger partial charge in [-0.25, -0.2) is 4.98 Å². The predicted molar refractivity (Wildman–Crippen MR) is 107 cm³/mol. The lowest BCUT2D eigenvalue weighted by Crippen LogP contribution is -2.52. The van der Waals surface area contributed by atoms with Gasteiger partial charge in [-0.15, -0.1) is 0 Å². The van der Waals surface area contributed by atoms with E-state index in [0.717, 1.165) is 39.3 Å². The van der Waals surface area contributed by atoms with Crippen LogP contribution in [-0.2, 0) is 4.74 Å². The van der Waals surface area contributed by atoms with Gasteiger partial charge in [-0.05, 0) is 12.8 Å². The second-order valence-corrected chi connectivity index (χ2v) is 8.13. The summed E-state index contributed by atoms with van der Waals surface area (Å²) in [4.78, 5) is 28.5. The third kappa shape index (κ3) is 3.69. The van der Waals surface area contributed by atoms with Crippen molar-refractivity contribution in [1.29, 1.82) is 0 Å². The lowest BCUT2D eigenvalue weighted by atomic mass is 9.94. The zero-order valence-electron chi connectivity index (χ0n) is 16.8. The Balaban J connectivity index is 1.33. The van der Waals surface area contributed by atoms with Gasteiger partial charge in [0.15, 0.2) is 5.69 Å². The van der Waals surface area contributed by atoms with E-state index in [1.165, 1.54) is 38.4 Å². The molecule has 0 unspecified atom stereocenters. The molecule has 9 nitrogen and oxygen atoms in total. The fourth-order valence-corrected chi connectivity index (χ4v) is 4.82. The Kier molecular flexibility index (Phi) is 5.32. The molecule has 0 bridgehead atoms. The number of rotatable bonds is 3. The molecule has 1 amide bonds. The molecule has 3 fully saturated rings. The Bertz CT molecular complexity index is 851. The van der Waals surface area contributed by atoms with Gasteiger partial charge >= 0.3 is 0 Å². The van der Waals surface area contributed by atoms with Gasteiger partial charge < -0.3 is 19.1 Å². The predicted octanol–water partition coefficient (Wildman–Crippen LogP) is 1.54. The summed E-state index contributed by atoms with van der Waals surface area (Å²) in [5.41, 5.74) is 0.693. The van der Waals surface area contributed by atoms with E-state index in [9.17, 15) is 4.79 Å². The van der Waals surface area contributed by atoms with Gasteiger partial charge in [0.1, 0.15) is 17.5 Å². The van der Waals surface area contributed by atoms with Gasteiger partial charge in [0.2, 0.25) is 0 Å². The molecular formula is C20H28N6O3. The molecule has 1 saturated carbocycles. The minimum atomic E-state index is -0.0867. The lowest BCUT2D eigenvalue weighted by molar-refractivity contribution is 0.0516. The Morgan fingerprint density at radius 2 is 1.72 bits per heavy atom. The Hall–Kier alpha value is -2.26. The number of piperazine rings is 1. The Morgan fingerprint density at radius 3 is 2.48 bits per heavy atom. The minimum Gasteiger partial charge on any atom is -0.378 e. The third-order valence-corrected chi connectivity index (χ3v) is 6.46. The molecule has 1 aliphatic carbocycles. The van der Waals surface area contributed by atoms with Crippen LogP contribution in [0.4, 0.5) is 5.82 Å². The lowest BCUT2D eigenvalue weighted by Gasteiger charge is -2.40. The van der Waals surface area contributed by atoms with Gasteiger partial charge in [-0.1, -0.05) is 24.4 Å². The van der Waals surface area contributed by atoms with Crippen molar-refractivity contribution >= 4 is 22.8 Å². The van der Waals surface area contributed by atoms with E-state index in [4.69, 9.17) is 9.26 Å². The van der Waals surface area contributed by atoms with Crippen molar-refractivity contribution in [3.63, 3.8) is 0 Å². The molecule has 0 radical (unpaired) electrons. The first-order valence-corrected chi connectivity index (χ1v) is 10.8. The SMILES string of the molecule is O=C(c1noc2ncnc(N3CCOCC3)c12)N1CCN(C2CCCCC2)CC1. The van der Waals surface area contributed by atoms with Gasteiger partial charge in [0.05, 0.1) is 13.2 Å². The first kappa shape index (κ1) is 18.7. The standard InChI is InChI=1S/C20H28N6O3/c27-20(26-8-6-24(7-9-26)15-4-2-1-3-5-15)17-16-18(25-10-12-28-13-11-25)21-14-22-19(16)29-23-17/h14-15H,1-13H2. The quantitative estimate of drug-likeness (QED) is 0.767. The topological polar surface area (TPSA) is 87.8 Å². The van der Waals surface area contributed by atoms with Crippen molar-refractivity contribution in [3.05, 3.63) is 12.0 Å². The summed E-state index contributed by atoms with van der Waals surface area (Å²) in [6.07, 6.45) is 8.08. The molecule has 156 valence electrons. The van der Waals surface area contributed by atoms with Crippen molar-refractivity contribution in [2.45, 2.75) is 38.1 Å². The van der Waals surface area contributed by atoms with E-state index in [1.807, 2.05) is 4.90 Å². The number of aromatic nitrogens is 3. The molecule has 0 aromatic carbocycles. The maximum atomic E-state index is 13.3. The van der Waals surface area contributed by atoms with E-state index >= 15 is 0 Å². The first-order chi connectivity index (χ1) is 14.3. The van der Waals surface area contributed by atoms with Crippen LogP contribution in [0.3, 0.4) is 0 Å². The van der Waals surface area contributed by atoms with Crippen LogP contribution in [-0.4, -0.2) is 89.4 Å². The number of ether oxygens (including phenoxy) is 1. The third-order valence-electron chi connectivity index (χ3n) is 6.46.